The van der Waals surface area contributed by atoms with Gasteiger partial charge in [-0.3, -0.25) is 0 Å². The molecule has 0 unspecified atom stereocenters. The third-order valence-electron chi connectivity index (χ3n) is 2.34. The molecule has 17 heavy (non-hydrogen) atoms. The maximum atomic E-state index is 5.79. The summed E-state index contributed by atoms with van der Waals surface area (Å²) in [6.07, 6.45) is 1.84. The van der Waals surface area contributed by atoms with E-state index < -0.39 is 0 Å². The van der Waals surface area contributed by atoms with Crippen molar-refractivity contribution in [2.24, 2.45) is 5.73 Å². The van der Waals surface area contributed by atoms with Gasteiger partial charge in [-0.1, -0.05) is 30.0 Å². The number of nitrogens with zero attached hydrogens (tertiary/aromatic N) is 1. The maximum absolute atomic E-state index is 5.79. The lowest BCUT2D eigenvalue weighted by atomic mass is 10.2. The zero-order chi connectivity index (χ0) is 12.3. The maximum Gasteiger partial charge on any atom is 0.101 e. The van der Waals surface area contributed by atoms with Crippen LogP contribution in [0.3, 0.4) is 0 Å². The van der Waals surface area contributed by atoms with Crippen molar-refractivity contribution in [1.82, 2.24) is 4.98 Å². The van der Waals surface area contributed by atoms with Gasteiger partial charge in [-0.05, 0) is 46.6 Å². The van der Waals surface area contributed by atoms with Crippen molar-refractivity contribution in [2.45, 2.75) is 22.9 Å². The molecule has 0 amide bonds. The molecular formula is C13H13BrN2S. The van der Waals surface area contributed by atoms with E-state index in [9.17, 15) is 0 Å². The molecule has 4 heteroatoms. The van der Waals surface area contributed by atoms with Gasteiger partial charge in [-0.2, -0.15) is 0 Å². The molecule has 1 atom stereocenters. The summed E-state index contributed by atoms with van der Waals surface area (Å²) < 4.78 is 1.09. The monoisotopic (exact) mass is 308 g/mol. The fourth-order valence-electron chi connectivity index (χ4n) is 1.36. The van der Waals surface area contributed by atoms with Gasteiger partial charge in [0.2, 0.25) is 0 Å². The van der Waals surface area contributed by atoms with Crippen molar-refractivity contribution in [1.29, 1.82) is 0 Å². The van der Waals surface area contributed by atoms with Gasteiger partial charge in [0.15, 0.2) is 0 Å². The Bertz CT molecular complexity index is 497. The Morgan fingerprint density at radius 3 is 2.59 bits per heavy atom. The lowest BCUT2D eigenvalue weighted by molar-refractivity contribution is 0.806. The number of hydrogen-bond acceptors (Lipinski definition) is 3. The van der Waals surface area contributed by atoms with E-state index in [-0.39, 0.29) is 6.04 Å². The van der Waals surface area contributed by atoms with E-state index >= 15 is 0 Å². The Labute approximate surface area is 114 Å². The van der Waals surface area contributed by atoms with Crippen LogP contribution in [0, 0.1) is 0 Å². The molecule has 0 bridgehead atoms. The second-order valence-electron chi connectivity index (χ2n) is 3.75. The van der Waals surface area contributed by atoms with E-state index in [0.29, 0.717) is 0 Å². The van der Waals surface area contributed by atoms with Gasteiger partial charge < -0.3 is 5.73 Å². The zero-order valence-corrected chi connectivity index (χ0v) is 11.8. The molecule has 1 aromatic carbocycles. The number of hydrogen-bond donors (Lipinski definition) is 1. The highest BCUT2D eigenvalue weighted by molar-refractivity contribution is 9.10. The summed E-state index contributed by atoms with van der Waals surface area (Å²) in [5, 5.41) is 0.973. The second kappa shape index (κ2) is 5.67. The van der Waals surface area contributed by atoms with Crippen LogP contribution in [0.5, 0.6) is 0 Å². The minimum absolute atomic E-state index is 0.0324. The van der Waals surface area contributed by atoms with Crippen LogP contribution in [0.2, 0.25) is 0 Å². The Morgan fingerprint density at radius 1 is 1.24 bits per heavy atom. The van der Waals surface area contributed by atoms with Crippen LogP contribution in [0.4, 0.5) is 0 Å². The number of aromatic nitrogens is 1. The molecule has 2 N–H and O–H groups in total. The highest BCUT2D eigenvalue weighted by Gasteiger charge is 2.04. The highest BCUT2D eigenvalue weighted by atomic mass is 79.9. The Kier molecular flexibility index (Phi) is 4.20. The van der Waals surface area contributed by atoms with E-state index in [1.165, 1.54) is 0 Å². The van der Waals surface area contributed by atoms with Crippen molar-refractivity contribution in [2.75, 3.05) is 0 Å². The van der Waals surface area contributed by atoms with E-state index in [1.807, 2.05) is 43.5 Å². The van der Waals surface area contributed by atoms with Gasteiger partial charge >= 0.3 is 0 Å². The quantitative estimate of drug-likeness (QED) is 0.931. The summed E-state index contributed by atoms with van der Waals surface area (Å²) >= 11 is 5.16. The van der Waals surface area contributed by atoms with E-state index in [1.54, 1.807) is 11.8 Å². The average Bonchev–Trinajstić information content (AvgIpc) is 2.33. The van der Waals surface area contributed by atoms with Gasteiger partial charge in [-0.15, -0.1) is 0 Å². The first kappa shape index (κ1) is 12.6. The van der Waals surface area contributed by atoms with Crippen molar-refractivity contribution in [3.63, 3.8) is 0 Å². The molecule has 0 radical (unpaired) electrons. The van der Waals surface area contributed by atoms with Crippen LogP contribution in [0.25, 0.3) is 0 Å². The fourth-order valence-corrected chi connectivity index (χ4v) is 2.67. The van der Waals surface area contributed by atoms with Crippen molar-refractivity contribution in [3.8, 4) is 0 Å². The van der Waals surface area contributed by atoms with Crippen LogP contribution in [-0.2, 0) is 0 Å². The molecule has 88 valence electrons. The molecule has 2 rings (SSSR count). The summed E-state index contributed by atoms with van der Waals surface area (Å²) in [7, 11) is 0. The molecular weight excluding hydrogens is 296 g/mol. The summed E-state index contributed by atoms with van der Waals surface area (Å²) in [6, 6.07) is 12.2. The van der Waals surface area contributed by atoms with E-state index in [0.717, 1.165) is 20.0 Å². The fraction of sp³-hybridized carbons (Fsp3) is 0.154. The minimum atomic E-state index is 0.0324. The van der Waals surface area contributed by atoms with Gasteiger partial charge in [-0.25, -0.2) is 4.98 Å². The molecule has 0 fully saturated rings. The van der Waals surface area contributed by atoms with Crippen LogP contribution < -0.4 is 5.73 Å². The number of benzene rings is 1. The van der Waals surface area contributed by atoms with Gasteiger partial charge in [0.05, 0.1) is 0 Å². The van der Waals surface area contributed by atoms with Gasteiger partial charge in [0, 0.05) is 21.6 Å². The van der Waals surface area contributed by atoms with Crippen molar-refractivity contribution >= 4 is 27.7 Å². The SMILES string of the molecule is C[C@@H](N)c1ccc(Sc2ccccc2Br)nc1. The molecule has 0 saturated carbocycles. The summed E-state index contributed by atoms with van der Waals surface area (Å²) in [6.45, 7) is 1.96. The molecule has 1 heterocycles. The van der Waals surface area contributed by atoms with Gasteiger partial charge in [0.1, 0.15) is 5.03 Å². The molecule has 0 aliphatic rings. The Hall–Kier alpha value is -0.840. The number of nitrogens with two attached hydrogens (primary N) is 1. The summed E-state index contributed by atoms with van der Waals surface area (Å²) in [5.41, 5.74) is 6.84. The smallest absolute Gasteiger partial charge is 0.101 e. The molecule has 0 spiro atoms. The normalized spacial score (nSPS) is 12.4. The predicted octanol–water partition coefficient (Wildman–Crippen LogP) is 4.02. The third kappa shape index (κ3) is 3.31. The first-order valence-corrected chi connectivity index (χ1v) is 6.91. The number of halogens is 1. The van der Waals surface area contributed by atoms with Gasteiger partial charge in [0.25, 0.3) is 0 Å². The van der Waals surface area contributed by atoms with E-state index in [2.05, 4.69) is 27.0 Å². The molecule has 0 saturated heterocycles. The number of pyridine rings is 1. The Morgan fingerprint density at radius 2 is 2.00 bits per heavy atom. The zero-order valence-electron chi connectivity index (χ0n) is 9.43. The Balaban J connectivity index is 2.17. The predicted molar refractivity (Wildman–Crippen MR) is 75.1 cm³/mol. The van der Waals surface area contributed by atoms with Crippen LogP contribution in [0.15, 0.2) is 57.0 Å². The molecule has 0 aliphatic heterocycles. The highest BCUT2D eigenvalue weighted by Crippen LogP contribution is 2.32. The molecule has 0 aliphatic carbocycles. The summed E-state index contributed by atoms with van der Waals surface area (Å²) in [4.78, 5) is 5.56. The van der Waals surface area contributed by atoms with Crippen molar-refractivity contribution in [3.05, 3.63) is 52.6 Å². The van der Waals surface area contributed by atoms with Crippen LogP contribution >= 0.6 is 27.7 Å². The molecule has 1 aromatic heterocycles. The largest absolute Gasteiger partial charge is 0.324 e. The molecule has 2 aromatic rings. The number of rotatable bonds is 3. The second-order valence-corrected chi connectivity index (χ2v) is 5.67. The average molecular weight is 309 g/mol. The topological polar surface area (TPSA) is 38.9 Å². The van der Waals surface area contributed by atoms with E-state index in [4.69, 9.17) is 5.73 Å². The first-order valence-electron chi connectivity index (χ1n) is 5.31. The third-order valence-corrected chi connectivity index (χ3v) is 4.32. The standard InChI is InChI=1S/C13H13BrN2S/c1-9(15)10-6-7-13(16-8-10)17-12-5-3-2-4-11(12)14/h2-9H,15H2,1H3/t9-/m1/s1. The van der Waals surface area contributed by atoms with Crippen LogP contribution in [0.1, 0.15) is 18.5 Å². The van der Waals surface area contributed by atoms with Crippen molar-refractivity contribution < 1.29 is 0 Å². The van der Waals surface area contributed by atoms with Crippen LogP contribution in [-0.4, -0.2) is 4.98 Å². The summed E-state index contributed by atoms with van der Waals surface area (Å²) in [5.74, 6) is 0. The molecule has 2 nitrogen and oxygen atoms in total. The minimum Gasteiger partial charge on any atom is -0.324 e. The lowest BCUT2D eigenvalue weighted by Crippen LogP contribution is -2.04. The lowest BCUT2D eigenvalue weighted by Gasteiger charge is -2.06. The first-order chi connectivity index (χ1) is 8.16.